The monoisotopic (exact) mass is 322 g/mol. The van der Waals surface area contributed by atoms with Crippen LogP contribution in [0.25, 0.3) is 5.32 Å². The normalized spacial score (nSPS) is 8.20. The molecule has 4 heteroatoms. The van der Waals surface area contributed by atoms with Crippen molar-refractivity contribution < 1.29 is 24.9 Å². The number of rotatable bonds is 4. The first-order chi connectivity index (χ1) is 4.27. The van der Waals surface area contributed by atoms with Gasteiger partial charge in [0.15, 0.2) is 0 Å². The Hall–Kier alpha value is 0.0794. The van der Waals surface area contributed by atoms with Crippen LogP contribution in [-0.4, -0.2) is 26.0 Å². The molecule has 0 atom stereocenters. The summed E-state index contributed by atoms with van der Waals surface area (Å²) < 4.78 is 0. The largest absolute Gasteiger partial charge is 0.665 e. The number of carbonyl (C=O) groups is 1. The van der Waals surface area contributed by atoms with Gasteiger partial charge in [-0.2, -0.15) is 7.05 Å². The smallest absolute Gasteiger partial charge is 0.216 e. The van der Waals surface area contributed by atoms with Crippen LogP contribution in [0.5, 0.6) is 0 Å². The van der Waals surface area contributed by atoms with E-state index in [4.69, 9.17) is 0 Å². The first-order valence-corrected chi connectivity index (χ1v) is 3.07. The van der Waals surface area contributed by atoms with Crippen molar-refractivity contribution in [1.29, 1.82) is 0 Å². The van der Waals surface area contributed by atoms with E-state index in [1.165, 1.54) is 6.92 Å². The second kappa shape index (κ2) is 9.08. The van der Waals surface area contributed by atoms with Crippen molar-refractivity contribution in [3.63, 3.8) is 0 Å². The topological polar surface area (TPSA) is 43.2 Å². The number of amides is 1. The van der Waals surface area contributed by atoms with Crippen LogP contribution in [0.3, 0.4) is 0 Å². The maximum absolute atomic E-state index is 10.3. The van der Waals surface area contributed by atoms with Gasteiger partial charge in [-0.1, -0.05) is 6.42 Å². The molecule has 0 fully saturated rings. The van der Waals surface area contributed by atoms with Gasteiger partial charge in [-0.05, 0) is 0 Å². The molecular formula is C6H13IrN2O-. The first kappa shape index (κ1) is 12.7. The molecule has 0 saturated heterocycles. The van der Waals surface area contributed by atoms with Gasteiger partial charge in [0.2, 0.25) is 5.91 Å². The molecule has 1 N–H and O–H groups in total. The number of hydrogen-bond acceptors (Lipinski definition) is 1. The fourth-order valence-corrected chi connectivity index (χ4v) is 0.502. The molecule has 0 aliphatic heterocycles. The molecule has 1 amide bonds. The zero-order chi connectivity index (χ0) is 7.11. The number of carbonyl (C=O) groups excluding carboxylic acids is 1. The van der Waals surface area contributed by atoms with E-state index in [1.807, 2.05) is 0 Å². The molecule has 1 radical (unpaired) electrons. The van der Waals surface area contributed by atoms with Gasteiger partial charge < -0.3 is 10.6 Å². The predicted molar refractivity (Wildman–Crippen MR) is 37.5 cm³/mol. The fraction of sp³-hybridized carbons (Fsp3) is 0.833. The quantitative estimate of drug-likeness (QED) is 0.754. The van der Waals surface area contributed by atoms with Crippen LogP contribution in [0, 0.1) is 0 Å². The van der Waals surface area contributed by atoms with E-state index in [-0.39, 0.29) is 26.0 Å². The number of nitrogens with zero attached hydrogens (tertiary/aromatic N) is 1. The molecule has 0 aliphatic carbocycles. The third-order valence-electron chi connectivity index (χ3n) is 0.932. The molecular weight excluding hydrogens is 308 g/mol. The van der Waals surface area contributed by atoms with E-state index >= 15 is 0 Å². The zero-order valence-corrected chi connectivity index (χ0v) is 8.71. The van der Waals surface area contributed by atoms with Gasteiger partial charge in [0.25, 0.3) is 0 Å². The average molecular weight is 321 g/mol. The van der Waals surface area contributed by atoms with Crippen LogP contribution >= 0.6 is 0 Å². The summed E-state index contributed by atoms with van der Waals surface area (Å²) in [6.45, 7) is 3.09. The van der Waals surface area contributed by atoms with Crippen LogP contribution in [0.15, 0.2) is 0 Å². The molecule has 0 aliphatic rings. The van der Waals surface area contributed by atoms with Gasteiger partial charge in [0, 0.05) is 33.6 Å². The van der Waals surface area contributed by atoms with Crippen LogP contribution in [0.4, 0.5) is 0 Å². The Morgan fingerprint density at radius 3 is 2.60 bits per heavy atom. The Morgan fingerprint density at radius 2 is 2.20 bits per heavy atom. The van der Waals surface area contributed by atoms with Crippen molar-refractivity contribution in [3.8, 4) is 0 Å². The second-order valence-corrected chi connectivity index (χ2v) is 1.88. The first-order valence-electron chi connectivity index (χ1n) is 3.07. The molecule has 0 aromatic rings. The molecule has 0 spiro atoms. The standard InChI is InChI=1S/C6H13N2O.Ir/c1-6(9)8-5-3-4-7-2;/h3-5H2,1-2H3,(H,8,9);/q-1;. The van der Waals surface area contributed by atoms with E-state index in [2.05, 4.69) is 10.6 Å². The summed E-state index contributed by atoms with van der Waals surface area (Å²) in [6, 6.07) is 0. The fourth-order valence-electron chi connectivity index (χ4n) is 0.502. The molecule has 0 saturated carbocycles. The predicted octanol–water partition coefficient (Wildman–Crippen LogP) is 0.514. The Kier molecular flexibility index (Phi) is 11.6. The Bertz CT molecular complexity index is 87.8. The van der Waals surface area contributed by atoms with Gasteiger partial charge >= 0.3 is 0 Å². The van der Waals surface area contributed by atoms with Gasteiger partial charge in [0.1, 0.15) is 0 Å². The summed E-state index contributed by atoms with van der Waals surface area (Å²) in [6.07, 6.45) is 0.941. The van der Waals surface area contributed by atoms with Crippen LogP contribution in [0.1, 0.15) is 13.3 Å². The van der Waals surface area contributed by atoms with Gasteiger partial charge in [0.05, 0.1) is 0 Å². The minimum absolute atomic E-state index is 0. The van der Waals surface area contributed by atoms with Gasteiger partial charge in [-0.25, -0.2) is 0 Å². The summed E-state index contributed by atoms with van der Waals surface area (Å²) >= 11 is 0. The van der Waals surface area contributed by atoms with Gasteiger partial charge in [-0.3, -0.25) is 4.79 Å². The van der Waals surface area contributed by atoms with E-state index in [1.54, 1.807) is 7.05 Å². The summed E-state index contributed by atoms with van der Waals surface area (Å²) in [5.74, 6) is 0.0334. The summed E-state index contributed by atoms with van der Waals surface area (Å²) in [5, 5.41) is 6.56. The summed E-state index contributed by atoms with van der Waals surface area (Å²) in [7, 11) is 1.77. The maximum atomic E-state index is 10.3. The van der Waals surface area contributed by atoms with Crippen LogP contribution in [-0.2, 0) is 24.9 Å². The molecule has 3 nitrogen and oxygen atoms in total. The summed E-state index contributed by atoms with van der Waals surface area (Å²) in [4.78, 5) is 10.3. The third kappa shape index (κ3) is 11.0. The number of nitrogens with one attached hydrogen (secondary N) is 1. The minimum Gasteiger partial charge on any atom is -0.665 e. The summed E-state index contributed by atoms with van der Waals surface area (Å²) in [5.41, 5.74) is 0. The van der Waals surface area contributed by atoms with Crippen molar-refractivity contribution in [2.75, 3.05) is 20.1 Å². The van der Waals surface area contributed by atoms with Crippen molar-refractivity contribution in [3.05, 3.63) is 5.32 Å². The molecule has 0 heterocycles. The van der Waals surface area contributed by atoms with E-state index in [9.17, 15) is 4.79 Å². The van der Waals surface area contributed by atoms with Crippen molar-refractivity contribution in [1.82, 2.24) is 5.32 Å². The molecule has 0 bridgehead atoms. The van der Waals surface area contributed by atoms with Crippen molar-refractivity contribution in [2.45, 2.75) is 13.3 Å². The molecule has 0 unspecified atom stereocenters. The molecule has 10 heavy (non-hydrogen) atoms. The third-order valence-corrected chi connectivity index (χ3v) is 0.932. The Balaban J connectivity index is 0. The molecule has 63 valence electrons. The minimum atomic E-state index is 0. The van der Waals surface area contributed by atoms with Crippen molar-refractivity contribution in [2.24, 2.45) is 0 Å². The maximum Gasteiger partial charge on any atom is 0.216 e. The van der Waals surface area contributed by atoms with Crippen LogP contribution in [0.2, 0.25) is 0 Å². The van der Waals surface area contributed by atoms with E-state index in [0.29, 0.717) is 0 Å². The van der Waals surface area contributed by atoms with E-state index < -0.39 is 0 Å². The Morgan fingerprint density at radius 1 is 1.60 bits per heavy atom. The van der Waals surface area contributed by atoms with Crippen LogP contribution < -0.4 is 5.32 Å². The molecule has 0 rings (SSSR count). The van der Waals surface area contributed by atoms with E-state index in [0.717, 1.165) is 19.5 Å². The SMILES string of the molecule is C[N-]CCCNC(C)=O.[Ir]. The second-order valence-electron chi connectivity index (χ2n) is 1.88. The van der Waals surface area contributed by atoms with Gasteiger partial charge in [-0.15, -0.1) is 6.54 Å². The number of hydrogen-bond donors (Lipinski definition) is 1. The Labute approximate surface area is 75.3 Å². The van der Waals surface area contributed by atoms with Crippen molar-refractivity contribution >= 4 is 5.91 Å². The zero-order valence-electron chi connectivity index (χ0n) is 6.31. The molecule has 0 aromatic heterocycles. The average Bonchev–Trinajstić information content (AvgIpc) is 1.80. The molecule has 0 aromatic carbocycles.